The number of nitrogens with zero attached hydrogens (tertiary/aromatic N) is 1. The number of aliphatic hydroxyl groups excluding tert-OH is 1. The van der Waals surface area contributed by atoms with Crippen molar-refractivity contribution < 1.29 is 18.9 Å². The zero-order chi connectivity index (χ0) is 21.3. The molecule has 9 heteroatoms. The van der Waals surface area contributed by atoms with E-state index < -0.39 is 25.2 Å². The molecule has 0 fully saturated rings. The maximum Gasteiger partial charge on any atom is 0.265 e. The quantitative estimate of drug-likeness (QED) is 0.424. The molecule has 0 aliphatic carbocycles. The summed E-state index contributed by atoms with van der Waals surface area (Å²) in [6.45, 7) is 1.75. The molecule has 0 bridgehead atoms. The fraction of sp³-hybridized carbons (Fsp3) is 0.100. The Morgan fingerprint density at radius 3 is 2.76 bits per heavy atom. The van der Waals surface area contributed by atoms with E-state index in [0.717, 1.165) is 0 Å². The van der Waals surface area contributed by atoms with Gasteiger partial charge < -0.3 is 20.4 Å². The molecule has 3 aromatic rings. The number of fused-ring (bicyclic) bond motifs is 1. The maximum atomic E-state index is 14.9. The Morgan fingerprint density at radius 2 is 2.14 bits per heavy atom. The normalized spacial score (nSPS) is 13.5. The number of H-pyrrole nitrogens is 1. The number of allylic oxidation sites excluding steroid dienone is 1. The number of hydrogen-bond donors (Lipinski definition) is 3. The maximum absolute atomic E-state index is 14.9. The molecule has 3 rings (SSSR count). The first-order valence-corrected chi connectivity index (χ1v) is 10.7. The minimum Gasteiger partial charge on any atom is -0.388 e. The number of nitrogens with one attached hydrogen (secondary N) is 1. The third kappa shape index (κ3) is 3.58. The van der Waals surface area contributed by atoms with E-state index in [1.54, 1.807) is 19.1 Å². The van der Waals surface area contributed by atoms with Gasteiger partial charge in [-0.15, -0.1) is 0 Å². The molecule has 6 nitrogen and oxygen atoms in total. The molecule has 1 aromatic heterocycles. The number of hydrogen-bond acceptors (Lipinski definition) is 4. The lowest BCUT2D eigenvalue weighted by atomic mass is 10.1. The Balaban J connectivity index is 2.42. The van der Waals surface area contributed by atoms with Gasteiger partial charge in [-0.1, -0.05) is 17.7 Å². The van der Waals surface area contributed by atoms with Crippen LogP contribution in [0, 0.1) is 24.1 Å². The van der Waals surface area contributed by atoms with Gasteiger partial charge >= 0.3 is 0 Å². The molecule has 0 radical (unpaired) electrons. The van der Waals surface area contributed by atoms with Crippen molar-refractivity contribution in [3.05, 3.63) is 64.1 Å². The number of aromatic amines is 1. The summed E-state index contributed by atoms with van der Waals surface area (Å²) in [7, 11) is -3.92. The standard InChI is InChI=1S/C20H16ClFN3O3P/c1-11-7-12(3-2-6-23)9-13(8-11)29(28,10-26)19-16-15(25-18(19)20(24)27)5-4-14(21)17(16)22/h2-5,7-9,25-26H,10H2,1H3,(H2,24,27)/t29-/m1/s1. The van der Waals surface area contributed by atoms with Gasteiger partial charge in [0, 0.05) is 22.3 Å². The summed E-state index contributed by atoms with van der Waals surface area (Å²) in [5.41, 5.74) is 6.64. The lowest BCUT2D eigenvalue weighted by molar-refractivity contribution is 0.0997. The summed E-state index contributed by atoms with van der Waals surface area (Å²) < 4.78 is 28.9. The van der Waals surface area contributed by atoms with Gasteiger partial charge in [-0.3, -0.25) is 4.79 Å². The van der Waals surface area contributed by atoms with Crippen molar-refractivity contribution in [1.29, 1.82) is 5.26 Å². The lowest BCUT2D eigenvalue weighted by Crippen LogP contribution is -2.27. The first-order valence-electron chi connectivity index (χ1n) is 8.41. The number of nitrogens with two attached hydrogens (primary N) is 1. The van der Waals surface area contributed by atoms with E-state index in [1.165, 1.54) is 30.4 Å². The van der Waals surface area contributed by atoms with Crippen LogP contribution in [0.15, 0.2) is 36.4 Å². The number of aromatic nitrogens is 1. The number of nitriles is 1. The molecule has 2 aromatic carbocycles. The highest BCUT2D eigenvalue weighted by Gasteiger charge is 2.36. The van der Waals surface area contributed by atoms with Gasteiger partial charge in [0.05, 0.1) is 16.4 Å². The average Bonchev–Trinajstić information content (AvgIpc) is 3.09. The van der Waals surface area contributed by atoms with Gasteiger partial charge in [0.2, 0.25) is 0 Å². The second kappa shape index (κ2) is 7.84. The molecule has 0 unspecified atom stereocenters. The number of primary amides is 1. The second-order valence-corrected chi connectivity index (χ2v) is 9.58. The molecule has 148 valence electrons. The Hall–Kier alpha value is -2.91. The van der Waals surface area contributed by atoms with E-state index in [2.05, 4.69) is 4.98 Å². The minimum absolute atomic E-state index is 0.153. The lowest BCUT2D eigenvalue weighted by Gasteiger charge is -2.19. The summed E-state index contributed by atoms with van der Waals surface area (Å²) in [4.78, 5) is 14.7. The number of halogens is 2. The van der Waals surface area contributed by atoms with Crippen LogP contribution in [0.3, 0.4) is 0 Å². The summed E-state index contributed by atoms with van der Waals surface area (Å²) in [5, 5.41) is 18.5. The zero-order valence-electron chi connectivity index (χ0n) is 15.2. The predicted molar refractivity (Wildman–Crippen MR) is 112 cm³/mol. The molecule has 4 N–H and O–H groups in total. The van der Waals surface area contributed by atoms with Crippen LogP contribution in [-0.4, -0.2) is 22.3 Å². The van der Waals surface area contributed by atoms with Crippen LogP contribution in [0.4, 0.5) is 4.39 Å². The first kappa shape index (κ1) is 20.8. The number of aliphatic hydroxyl groups is 1. The monoisotopic (exact) mass is 431 g/mol. The van der Waals surface area contributed by atoms with Gasteiger partial charge in [-0.25, -0.2) is 4.39 Å². The number of amides is 1. The van der Waals surface area contributed by atoms with Crippen LogP contribution in [0.1, 0.15) is 21.6 Å². The molecule has 0 aliphatic rings. The summed E-state index contributed by atoms with van der Waals surface area (Å²) in [6, 6.07) is 9.45. The molecule has 29 heavy (non-hydrogen) atoms. The Kier molecular flexibility index (Phi) is 5.63. The summed E-state index contributed by atoms with van der Waals surface area (Å²) in [6.07, 6.45) is 1.90. The number of carbonyl (C=O) groups excluding carboxylic acids is 1. The zero-order valence-corrected chi connectivity index (χ0v) is 16.9. The first-order chi connectivity index (χ1) is 13.7. The van der Waals surface area contributed by atoms with Crippen molar-refractivity contribution in [1.82, 2.24) is 4.98 Å². The van der Waals surface area contributed by atoms with Crippen molar-refractivity contribution >= 4 is 52.2 Å². The molecule has 0 saturated heterocycles. The molecule has 1 amide bonds. The van der Waals surface area contributed by atoms with E-state index in [0.29, 0.717) is 11.1 Å². The number of aryl methyl sites for hydroxylation is 1. The highest BCUT2D eigenvalue weighted by atomic mass is 35.5. The van der Waals surface area contributed by atoms with Gasteiger partial charge in [0.25, 0.3) is 5.91 Å². The molecular formula is C20H16ClFN3O3P. The van der Waals surface area contributed by atoms with Crippen molar-refractivity contribution in [3.63, 3.8) is 0 Å². The highest BCUT2D eigenvalue weighted by molar-refractivity contribution is 7.79. The second-order valence-electron chi connectivity index (χ2n) is 6.44. The number of rotatable bonds is 5. The molecule has 1 atom stereocenters. The van der Waals surface area contributed by atoms with Gasteiger partial charge in [0.15, 0.2) is 13.0 Å². The van der Waals surface area contributed by atoms with E-state index >= 15 is 0 Å². The van der Waals surface area contributed by atoms with Gasteiger partial charge in [0.1, 0.15) is 12.0 Å². The molecule has 1 heterocycles. The van der Waals surface area contributed by atoms with E-state index in [9.17, 15) is 18.9 Å². The summed E-state index contributed by atoms with van der Waals surface area (Å²) in [5.74, 6) is -1.81. The Morgan fingerprint density at radius 1 is 1.41 bits per heavy atom. The topological polar surface area (TPSA) is 120 Å². The van der Waals surface area contributed by atoms with Gasteiger partial charge in [-0.05, 0) is 48.4 Å². The minimum atomic E-state index is -3.92. The SMILES string of the molecule is Cc1cc(C=CC#N)cc([P@](=O)(CO)c2c(C(N)=O)[nH]c3ccc(Cl)c(F)c23)c1. The molecule has 0 aliphatic heterocycles. The van der Waals surface area contributed by atoms with Crippen LogP contribution in [-0.2, 0) is 4.57 Å². The highest BCUT2D eigenvalue weighted by Crippen LogP contribution is 2.46. The number of carbonyl (C=O) groups is 1. The average molecular weight is 432 g/mol. The Labute approximate surface area is 170 Å². The third-order valence-electron chi connectivity index (χ3n) is 4.49. The van der Waals surface area contributed by atoms with Crippen LogP contribution in [0.2, 0.25) is 5.02 Å². The molecule has 0 saturated carbocycles. The third-order valence-corrected chi connectivity index (χ3v) is 7.44. The fourth-order valence-corrected chi connectivity index (χ4v) is 5.85. The van der Waals surface area contributed by atoms with Crippen molar-refractivity contribution in [2.45, 2.75) is 6.92 Å². The van der Waals surface area contributed by atoms with Crippen molar-refractivity contribution in [3.8, 4) is 6.07 Å². The smallest absolute Gasteiger partial charge is 0.265 e. The Bertz CT molecular complexity index is 1260. The summed E-state index contributed by atoms with van der Waals surface area (Å²) >= 11 is 5.90. The van der Waals surface area contributed by atoms with Crippen LogP contribution in [0.25, 0.3) is 17.0 Å². The van der Waals surface area contributed by atoms with Crippen molar-refractivity contribution in [2.75, 3.05) is 6.35 Å². The fourth-order valence-electron chi connectivity index (χ4n) is 3.26. The van der Waals surface area contributed by atoms with Crippen LogP contribution >= 0.6 is 18.7 Å². The van der Waals surface area contributed by atoms with Crippen molar-refractivity contribution in [2.24, 2.45) is 5.73 Å². The van der Waals surface area contributed by atoms with Crippen LogP contribution < -0.4 is 16.3 Å². The van der Waals surface area contributed by atoms with Gasteiger partial charge in [-0.2, -0.15) is 5.26 Å². The number of benzene rings is 2. The molecular weight excluding hydrogens is 416 g/mol. The predicted octanol–water partition coefficient (Wildman–Crippen LogP) is 3.17. The van der Waals surface area contributed by atoms with E-state index in [4.69, 9.17) is 22.6 Å². The molecule has 0 spiro atoms. The largest absolute Gasteiger partial charge is 0.388 e. The van der Waals surface area contributed by atoms with E-state index in [1.807, 2.05) is 6.07 Å². The van der Waals surface area contributed by atoms with Crippen LogP contribution in [0.5, 0.6) is 0 Å². The van der Waals surface area contributed by atoms with E-state index in [-0.39, 0.29) is 32.2 Å².